The first-order chi connectivity index (χ1) is 12.1. The van der Waals surface area contributed by atoms with E-state index >= 15 is 0 Å². The molecule has 1 aliphatic rings. The summed E-state index contributed by atoms with van der Waals surface area (Å²) >= 11 is 0. The first-order valence-corrected chi connectivity index (χ1v) is 8.66. The molecule has 0 radical (unpaired) electrons. The number of hydrogen-bond donors (Lipinski definition) is 3. The van der Waals surface area contributed by atoms with Gasteiger partial charge < -0.3 is 16.0 Å². The van der Waals surface area contributed by atoms with E-state index in [-0.39, 0.29) is 24.2 Å². The fourth-order valence-electron chi connectivity index (χ4n) is 3.00. The van der Waals surface area contributed by atoms with Crippen molar-refractivity contribution >= 4 is 41.3 Å². The molecular formula is C20H24ClN3O2. The Morgan fingerprint density at radius 2 is 1.96 bits per heavy atom. The van der Waals surface area contributed by atoms with E-state index in [2.05, 4.69) is 16.0 Å². The van der Waals surface area contributed by atoms with Crippen LogP contribution in [0.25, 0.3) is 0 Å². The Labute approximate surface area is 160 Å². The summed E-state index contributed by atoms with van der Waals surface area (Å²) in [6.07, 6.45) is 2.34. The molecule has 0 spiro atoms. The lowest BCUT2D eigenvalue weighted by Gasteiger charge is -2.21. The van der Waals surface area contributed by atoms with E-state index in [4.69, 9.17) is 0 Å². The van der Waals surface area contributed by atoms with Gasteiger partial charge in [0, 0.05) is 35.6 Å². The highest BCUT2D eigenvalue weighted by molar-refractivity contribution is 6.07. The number of anilines is 3. The fourth-order valence-corrected chi connectivity index (χ4v) is 3.00. The van der Waals surface area contributed by atoms with Crippen LogP contribution in [-0.4, -0.2) is 18.4 Å². The molecule has 0 fully saturated rings. The first-order valence-electron chi connectivity index (χ1n) is 8.66. The molecular weight excluding hydrogens is 350 g/mol. The highest BCUT2D eigenvalue weighted by Gasteiger charge is 2.18. The second-order valence-corrected chi connectivity index (χ2v) is 6.25. The Kier molecular flexibility index (Phi) is 6.64. The summed E-state index contributed by atoms with van der Waals surface area (Å²) in [5.41, 5.74) is 5.15. The van der Waals surface area contributed by atoms with Gasteiger partial charge in [-0.05, 0) is 55.2 Å². The van der Waals surface area contributed by atoms with Crippen molar-refractivity contribution in [2.75, 3.05) is 22.5 Å². The van der Waals surface area contributed by atoms with Crippen molar-refractivity contribution < 1.29 is 9.59 Å². The van der Waals surface area contributed by atoms with Crippen molar-refractivity contribution in [2.24, 2.45) is 0 Å². The zero-order chi connectivity index (χ0) is 17.8. The lowest BCUT2D eigenvalue weighted by atomic mass is 9.97. The maximum Gasteiger partial charge on any atom is 0.256 e. The third-order valence-corrected chi connectivity index (χ3v) is 4.43. The average molecular weight is 374 g/mol. The number of benzene rings is 2. The third kappa shape index (κ3) is 4.35. The smallest absolute Gasteiger partial charge is 0.256 e. The van der Waals surface area contributed by atoms with Crippen LogP contribution in [0.2, 0.25) is 0 Å². The van der Waals surface area contributed by atoms with Gasteiger partial charge in [0.15, 0.2) is 0 Å². The molecule has 0 aromatic heterocycles. The molecule has 2 aromatic rings. The minimum atomic E-state index is -0.123. The molecule has 1 aliphatic heterocycles. The molecule has 3 N–H and O–H groups in total. The number of rotatable bonds is 4. The summed E-state index contributed by atoms with van der Waals surface area (Å²) in [6, 6.07) is 11.3. The van der Waals surface area contributed by atoms with Gasteiger partial charge in [0.25, 0.3) is 5.91 Å². The lowest BCUT2D eigenvalue weighted by Crippen LogP contribution is -2.19. The molecule has 2 aromatic carbocycles. The van der Waals surface area contributed by atoms with Gasteiger partial charge in [-0.2, -0.15) is 0 Å². The van der Waals surface area contributed by atoms with Crippen molar-refractivity contribution in [1.82, 2.24) is 0 Å². The number of carbonyl (C=O) groups is 2. The van der Waals surface area contributed by atoms with Crippen LogP contribution < -0.4 is 16.0 Å². The Morgan fingerprint density at radius 3 is 2.73 bits per heavy atom. The number of fused-ring (bicyclic) bond motifs is 1. The summed E-state index contributed by atoms with van der Waals surface area (Å²) in [7, 11) is 0. The Morgan fingerprint density at radius 1 is 1.15 bits per heavy atom. The number of halogens is 1. The molecule has 2 amide bonds. The van der Waals surface area contributed by atoms with Crippen molar-refractivity contribution in [3.05, 3.63) is 53.1 Å². The highest BCUT2D eigenvalue weighted by atomic mass is 35.5. The molecule has 5 nitrogen and oxygen atoms in total. The van der Waals surface area contributed by atoms with Crippen LogP contribution in [0.3, 0.4) is 0 Å². The third-order valence-electron chi connectivity index (χ3n) is 4.43. The van der Waals surface area contributed by atoms with Gasteiger partial charge in [-0.15, -0.1) is 12.4 Å². The second-order valence-electron chi connectivity index (χ2n) is 6.25. The molecule has 0 saturated carbocycles. The average Bonchev–Trinajstić information content (AvgIpc) is 2.63. The highest BCUT2D eigenvalue weighted by Crippen LogP contribution is 2.27. The number of nitrogens with one attached hydrogen (secondary N) is 3. The Hall–Kier alpha value is -2.53. The quantitative estimate of drug-likeness (QED) is 0.745. The minimum Gasteiger partial charge on any atom is -0.385 e. The van der Waals surface area contributed by atoms with Gasteiger partial charge in [0.2, 0.25) is 5.91 Å². The van der Waals surface area contributed by atoms with Gasteiger partial charge >= 0.3 is 0 Å². The predicted molar refractivity (Wildman–Crippen MR) is 109 cm³/mol. The second kappa shape index (κ2) is 8.72. The van der Waals surface area contributed by atoms with E-state index in [9.17, 15) is 9.59 Å². The molecule has 0 saturated heterocycles. The summed E-state index contributed by atoms with van der Waals surface area (Å²) in [5.74, 6) is -0.174. The number of hydrogen-bond acceptors (Lipinski definition) is 3. The van der Waals surface area contributed by atoms with Crippen molar-refractivity contribution in [1.29, 1.82) is 0 Å². The molecule has 0 bridgehead atoms. The van der Waals surface area contributed by atoms with Crippen LogP contribution in [-0.2, 0) is 11.2 Å². The number of carbonyl (C=O) groups excluding carboxylic acids is 2. The van der Waals surface area contributed by atoms with Crippen LogP contribution in [0.4, 0.5) is 17.1 Å². The molecule has 1 heterocycles. The van der Waals surface area contributed by atoms with Crippen LogP contribution in [0.5, 0.6) is 0 Å². The zero-order valence-corrected chi connectivity index (χ0v) is 15.8. The maximum absolute atomic E-state index is 12.8. The largest absolute Gasteiger partial charge is 0.385 e. The van der Waals surface area contributed by atoms with E-state index in [0.717, 1.165) is 36.2 Å². The molecule has 0 aliphatic carbocycles. The number of aryl methyl sites for hydroxylation is 1. The summed E-state index contributed by atoms with van der Waals surface area (Å²) in [5, 5.41) is 9.15. The summed E-state index contributed by atoms with van der Waals surface area (Å²) < 4.78 is 0. The van der Waals surface area contributed by atoms with Crippen LogP contribution in [0, 0.1) is 6.92 Å². The molecule has 138 valence electrons. The van der Waals surface area contributed by atoms with Crippen LogP contribution in [0.15, 0.2) is 36.4 Å². The van der Waals surface area contributed by atoms with Crippen LogP contribution >= 0.6 is 12.4 Å². The van der Waals surface area contributed by atoms with Gasteiger partial charge in [0.05, 0.1) is 0 Å². The normalized spacial score (nSPS) is 12.2. The maximum atomic E-state index is 12.8. The summed E-state index contributed by atoms with van der Waals surface area (Å²) in [4.78, 5) is 24.4. The topological polar surface area (TPSA) is 70.2 Å². The molecule has 26 heavy (non-hydrogen) atoms. The Balaban J connectivity index is 0.00000243. The summed E-state index contributed by atoms with van der Waals surface area (Å²) in [6.45, 7) is 4.68. The van der Waals surface area contributed by atoms with Gasteiger partial charge in [-0.1, -0.05) is 19.1 Å². The van der Waals surface area contributed by atoms with Gasteiger partial charge in [-0.25, -0.2) is 0 Å². The van der Waals surface area contributed by atoms with Gasteiger partial charge in [-0.3, -0.25) is 9.59 Å². The zero-order valence-electron chi connectivity index (χ0n) is 15.0. The van der Waals surface area contributed by atoms with Crippen molar-refractivity contribution in [3.8, 4) is 0 Å². The van der Waals surface area contributed by atoms with E-state index in [0.29, 0.717) is 23.4 Å². The minimum absolute atomic E-state index is 0. The lowest BCUT2D eigenvalue weighted by molar-refractivity contribution is -0.115. The fraction of sp³-hybridized carbons (Fsp3) is 0.300. The monoisotopic (exact) mass is 373 g/mol. The van der Waals surface area contributed by atoms with E-state index in [1.54, 1.807) is 13.0 Å². The molecule has 0 atom stereocenters. The standard InChI is InChI=1S/C20H23N3O2.ClH/c1-3-19(24)22-14-10-9-13(2)18(12-14)23-20(25)16-6-4-8-17-15(16)7-5-11-21-17;/h4,6,8-10,12,21H,3,5,7,11H2,1-2H3,(H,22,24)(H,23,25);1H. The molecule has 6 heteroatoms. The SMILES string of the molecule is CCC(=O)Nc1ccc(C)c(NC(=O)c2cccc3c2CCCN3)c1.Cl. The van der Waals surface area contributed by atoms with Crippen molar-refractivity contribution in [3.63, 3.8) is 0 Å². The van der Waals surface area contributed by atoms with Crippen LogP contribution in [0.1, 0.15) is 41.3 Å². The number of amides is 2. The molecule has 0 unspecified atom stereocenters. The molecule has 3 rings (SSSR count). The van der Waals surface area contributed by atoms with E-state index < -0.39 is 0 Å². The predicted octanol–water partition coefficient (Wildman–Crippen LogP) is 4.38. The Bertz CT molecular complexity index is 821. The van der Waals surface area contributed by atoms with Gasteiger partial charge in [0.1, 0.15) is 0 Å². The van der Waals surface area contributed by atoms with E-state index in [1.807, 2.05) is 37.3 Å². The van der Waals surface area contributed by atoms with Crippen molar-refractivity contribution in [2.45, 2.75) is 33.1 Å². The first kappa shape index (κ1) is 19.8. The van der Waals surface area contributed by atoms with E-state index in [1.165, 1.54) is 0 Å².